The molecule has 0 radical (unpaired) electrons. The van der Waals surface area contributed by atoms with E-state index in [0.29, 0.717) is 12.0 Å². The van der Waals surface area contributed by atoms with Gasteiger partial charge >= 0.3 is 0 Å². The molecule has 0 amide bonds. The van der Waals surface area contributed by atoms with E-state index in [1.807, 2.05) is 18.3 Å². The Labute approximate surface area is 109 Å². The van der Waals surface area contributed by atoms with Gasteiger partial charge in [0.05, 0.1) is 31.6 Å². The number of ether oxygens (including phenoxy) is 2. The minimum Gasteiger partial charge on any atom is -0.495 e. The second-order valence-electron chi connectivity index (χ2n) is 4.77. The number of hydrogen-bond acceptors (Lipinski definition) is 4. The molecule has 1 aromatic heterocycles. The van der Waals surface area contributed by atoms with Crippen molar-refractivity contribution in [3.05, 3.63) is 24.0 Å². The Morgan fingerprint density at radius 2 is 2.44 bits per heavy atom. The first-order chi connectivity index (χ1) is 8.76. The number of nitrogens with zero attached hydrogens (tertiary/aromatic N) is 1. The van der Waals surface area contributed by atoms with Gasteiger partial charge in [0.2, 0.25) is 0 Å². The average molecular weight is 250 g/mol. The molecule has 2 rings (SSSR count). The van der Waals surface area contributed by atoms with E-state index in [1.165, 1.54) is 0 Å². The molecule has 0 aromatic carbocycles. The van der Waals surface area contributed by atoms with Crippen molar-refractivity contribution in [1.29, 1.82) is 0 Å². The number of methoxy groups -OCH3 is 1. The van der Waals surface area contributed by atoms with Crippen LogP contribution in [0.5, 0.6) is 5.75 Å². The van der Waals surface area contributed by atoms with Crippen LogP contribution in [0.4, 0.5) is 0 Å². The Morgan fingerprint density at radius 3 is 3.06 bits per heavy atom. The van der Waals surface area contributed by atoms with Crippen LogP contribution in [0.1, 0.15) is 32.0 Å². The Morgan fingerprint density at radius 1 is 1.61 bits per heavy atom. The van der Waals surface area contributed by atoms with E-state index in [4.69, 9.17) is 9.47 Å². The molecule has 0 spiro atoms. The lowest BCUT2D eigenvalue weighted by Crippen LogP contribution is -2.29. The van der Waals surface area contributed by atoms with Crippen LogP contribution in [0.15, 0.2) is 18.3 Å². The lowest BCUT2D eigenvalue weighted by molar-refractivity contribution is 0.116. The van der Waals surface area contributed by atoms with Crippen molar-refractivity contribution in [3.63, 3.8) is 0 Å². The number of nitrogens with one attached hydrogen (secondary N) is 1. The summed E-state index contributed by atoms with van der Waals surface area (Å²) in [5.74, 6) is 1.31. The highest BCUT2D eigenvalue weighted by Gasteiger charge is 2.32. The molecule has 1 aliphatic heterocycles. The predicted octanol–water partition coefficient (Wildman–Crippen LogP) is 2.17. The number of aromatic nitrogens is 1. The highest BCUT2D eigenvalue weighted by molar-refractivity contribution is 5.30. The summed E-state index contributed by atoms with van der Waals surface area (Å²) >= 11 is 0. The fraction of sp³-hybridized carbons (Fsp3) is 0.643. The quantitative estimate of drug-likeness (QED) is 0.869. The third-order valence-electron chi connectivity index (χ3n) is 3.44. The largest absolute Gasteiger partial charge is 0.495 e. The Balaban J connectivity index is 2.23. The van der Waals surface area contributed by atoms with Gasteiger partial charge in [0.25, 0.3) is 0 Å². The normalized spacial score (nSPS) is 25.1. The van der Waals surface area contributed by atoms with E-state index >= 15 is 0 Å². The maximum atomic E-state index is 5.68. The SMILES string of the molecule is CCNC(c1ncccc1OC)C1COC(C)C1. The molecule has 1 saturated heterocycles. The van der Waals surface area contributed by atoms with Gasteiger partial charge in [0, 0.05) is 12.1 Å². The molecule has 0 aliphatic carbocycles. The highest BCUT2D eigenvalue weighted by atomic mass is 16.5. The van der Waals surface area contributed by atoms with Gasteiger partial charge in [-0.05, 0) is 32.0 Å². The maximum absolute atomic E-state index is 5.68. The maximum Gasteiger partial charge on any atom is 0.141 e. The molecule has 0 bridgehead atoms. The van der Waals surface area contributed by atoms with Gasteiger partial charge in [0.15, 0.2) is 0 Å². The molecule has 2 heterocycles. The van der Waals surface area contributed by atoms with Crippen LogP contribution in [0.3, 0.4) is 0 Å². The molecule has 3 atom stereocenters. The summed E-state index contributed by atoms with van der Waals surface area (Å²) in [5.41, 5.74) is 0.990. The topological polar surface area (TPSA) is 43.4 Å². The first-order valence-corrected chi connectivity index (χ1v) is 6.60. The molecule has 1 aromatic rings. The third kappa shape index (κ3) is 2.82. The molecular formula is C14H22N2O2. The molecular weight excluding hydrogens is 228 g/mol. The molecule has 1 N–H and O–H groups in total. The van der Waals surface area contributed by atoms with Crippen molar-refractivity contribution >= 4 is 0 Å². The Bertz CT molecular complexity index is 384. The fourth-order valence-electron chi connectivity index (χ4n) is 2.60. The third-order valence-corrected chi connectivity index (χ3v) is 3.44. The van der Waals surface area contributed by atoms with Gasteiger partial charge in [-0.25, -0.2) is 0 Å². The van der Waals surface area contributed by atoms with Gasteiger partial charge in [-0.15, -0.1) is 0 Å². The molecule has 0 saturated carbocycles. The lowest BCUT2D eigenvalue weighted by atomic mass is 9.93. The average Bonchev–Trinajstić information content (AvgIpc) is 2.82. The van der Waals surface area contributed by atoms with Crippen LogP contribution in [0, 0.1) is 5.92 Å². The smallest absolute Gasteiger partial charge is 0.141 e. The summed E-state index contributed by atoms with van der Waals surface area (Å²) in [4.78, 5) is 4.50. The molecule has 1 fully saturated rings. The summed E-state index contributed by atoms with van der Waals surface area (Å²) in [6, 6.07) is 4.07. The van der Waals surface area contributed by atoms with E-state index < -0.39 is 0 Å². The van der Waals surface area contributed by atoms with E-state index in [0.717, 1.165) is 31.0 Å². The van der Waals surface area contributed by atoms with Crippen molar-refractivity contribution in [1.82, 2.24) is 10.3 Å². The van der Waals surface area contributed by atoms with Crippen LogP contribution < -0.4 is 10.1 Å². The zero-order chi connectivity index (χ0) is 13.0. The molecule has 100 valence electrons. The second-order valence-corrected chi connectivity index (χ2v) is 4.77. The van der Waals surface area contributed by atoms with Crippen molar-refractivity contribution in [2.75, 3.05) is 20.3 Å². The van der Waals surface area contributed by atoms with Crippen LogP contribution in [-0.2, 0) is 4.74 Å². The second kappa shape index (κ2) is 6.16. The van der Waals surface area contributed by atoms with Crippen LogP contribution in [0.25, 0.3) is 0 Å². The number of hydrogen-bond donors (Lipinski definition) is 1. The number of rotatable bonds is 5. The predicted molar refractivity (Wildman–Crippen MR) is 70.7 cm³/mol. The van der Waals surface area contributed by atoms with Gasteiger partial charge in [0.1, 0.15) is 5.75 Å². The summed E-state index contributed by atoms with van der Waals surface area (Å²) in [5, 5.41) is 3.51. The van der Waals surface area contributed by atoms with E-state index in [1.54, 1.807) is 7.11 Å². The van der Waals surface area contributed by atoms with Crippen molar-refractivity contribution in [2.24, 2.45) is 5.92 Å². The number of pyridine rings is 1. The Kier molecular flexibility index (Phi) is 4.55. The highest BCUT2D eigenvalue weighted by Crippen LogP contribution is 2.34. The standard InChI is InChI=1S/C14H22N2O2/c1-4-15-13(11-8-10(2)18-9-11)14-12(17-3)6-5-7-16-14/h5-7,10-11,13,15H,4,8-9H2,1-3H3. The first-order valence-electron chi connectivity index (χ1n) is 6.60. The van der Waals surface area contributed by atoms with Crippen LogP contribution >= 0.6 is 0 Å². The lowest BCUT2D eigenvalue weighted by Gasteiger charge is -2.24. The molecule has 4 nitrogen and oxygen atoms in total. The van der Waals surface area contributed by atoms with Gasteiger partial charge in [-0.3, -0.25) is 4.98 Å². The molecule has 1 aliphatic rings. The van der Waals surface area contributed by atoms with E-state index in [-0.39, 0.29) is 6.04 Å². The summed E-state index contributed by atoms with van der Waals surface area (Å²) in [7, 11) is 1.69. The molecule has 18 heavy (non-hydrogen) atoms. The van der Waals surface area contributed by atoms with Crippen molar-refractivity contribution in [3.8, 4) is 5.75 Å². The minimum atomic E-state index is 0.205. The minimum absolute atomic E-state index is 0.205. The van der Waals surface area contributed by atoms with Crippen LogP contribution in [0.2, 0.25) is 0 Å². The molecule has 4 heteroatoms. The summed E-state index contributed by atoms with van der Waals surface area (Å²) in [6.07, 6.45) is 3.23. The first kappa shape index (κ1) is 13.3. The van der Waals surface area contributed by atoms with E-state index in [9.17, 15) is 0 Å². The zero-order valence-electron chi connectivity index (χ0n) is 11.3. The van der Waals surface area contributed by atoms with Crippen molar-refractivity contribution in [2.45, 2.75) is 32.4 Å². The summed E-state index contributed by atoms with van der Waals surface area (Å²) < 4.78 is 11.1. The van der Waals surface area contributed by atoms with Crippen molar-refractivity contribution < 1.29 is 9.47 Å². The Hall–Kier alpha value is -1.13. The fourth-order valence-corrected chi connectivity index (χ4v) is 2.60. The van der Waals surface area contributed by atoms with E-state index in [2.05, 4.69) is 24.1 Å². The monoisotopic (exact) mass is 250 g/mol. The molecule has 3 unspecified atom stereocenters. The summed E-state index contributed by atoms with van der Waals surface area (Å²) in [6.45, 7) is 5.94. The van der Waals surface area contributed by atoms with Gasteiger partial charge in [-0.1, -0.05) is 6.92 Å². The van der Waals surface area contributed by atoms with Gasteiger partial charge < -0.3 is 14.8 Å². The zero-order valence-corrected chi connectivity index (χ0v) is 11.3. The van der Waals surface area contributed by atoms with Crippen LogP contribution in [-0.4, -0.2) is 31.3 Å². The van der Waals surface area contributed by atoms with Gasteiger partial charge in [-0.2, -0.15) is 0 Å².